The highest BCUT2D eigenvalue weighted by atomic mass is 32.1. The minimum atomic E-state index is -0.125. The van der Waals surface area contributed by atoms with Crippen LogP contribution in [0.1, 0.15) is 15.2 Å². The van der Waals surface area contributed by atoms with Crippen molar-refractivity contribution in [3.63, 3.8) is 0 Å². The number of aromatic nitrogens is 2. The molecule has 3 rings (SSSR count). The van der Waals surface area contributed by atoms with Crippen LogP contribution in [0.5, 0.6) is 0 Å². The molecule has 0 aliphatic heterocycles. The van der Waals surface area contributed by atoms with Gasteiger partial charge in [-0.2, -0.15) is 0 Å². The zero-order chi connectivity index (χ0) is 16.2. The van der Waals surface area contributed by atoms with E-state index < -0.39 is 0 Å². The molecule has 1 aromatic carbocycles. The summed E-state index contributed by atoms with van der Waals surface area (Å²) in [6.45, 7) is 0.451. The maximum absolute atomic E-state index is 12.2. The number of nitrogens with zero attached hydrogens (tertiary/aromatic N) is 2. The van der Waals surface area contributed by atoms with Crippen LogP contribution in [0.4, 0.5) is 11.6 Å². The molecule has 3 aromatic rings. The number of carbonyl (C=O) groups is 1. The molecule has 0 radical (unpaired) electrons. The van der Waals surface area contributed by atoms with E-state index in [0.717, 1.165) is 10.4 Å². The van der Waals surface area contributed by atoms with Crippen LogP contribution in [-0.4, -0.2) is 15.9 Å². The Morgan fingerprint density at radius 1 is 1.09 bits per heavy atom. The molecule has 5 N–H and O–H groups in total. The quantitative estimate of drug-likeness (QED) is 0.638. The molecule has 2 heterocycles. The molecule has 0 unspecified atom stereocenters. The Bertz CT molecular complexity index is 828. The standard InChI is InChI=1S/C16H15N5OS/c17-11-3-1-10(2-4-11)9-20-15(22)14-6-5-13(23-14)12-7-8-19-16(18)21-12/h1-8H,9,17H2,(H,20,22)(H2,18,19,21). The van der Waals surface area contributed by atoms with Crippen molar-refractivity contribution in [2.75, 3.05) is 11.5 Å². The van der Waals surface area contributed by atoms with Gasteiger partial charge in [0.25, 0.3) is 5.91 Å². The number of hydrogen-bond donors (Lipinski definition) is 3. The normalized spacial score (nSPS) is 10.4. The highest BCUT2D eigenvalue weighted by Gasteiger charge is 2.11. The van der Waals surface area contributed by atoms with Gasteiger partial charge in [0.05, 0.1) is 15.4 Å². The molecule has 0 fully saturated rings. The molecular formula is C16H15N5OS. The molecule has 0 aliphatic rings. The van der Waals surface area contributed by atoms with Crippen molar-refractivity contribution in [2.24, 2.45) is 0 Å². The van der Waals surface area contributed by atoms with Crippen LogP contribution in [0.3, 0.4) is 0 Å². The molecule has 116 valence electrons. The predicted octanol–water partition coefficient (Wildman–Crippen LogP) is 2.30. The SMILES string of the molecule is Nc1ccc(CNC(=O)c2ccc(-c3ccnc(N)n3)s2)cc1. The number of hydrogen-bond acceptors (Lipinski definition) is 6. The van der Waals surface area contributed by atoms with E-state index in [2.05, 4.69) is 15.3 Å². The topological polar surface area (TPSA) is 107 Å². The van der Waals surface area contributed by atoms with Gasteiger partial charge < -0.3 is 16.8 Å². The number of carbonyl (C=O) groups excluding carboxylic acids is 1. The average molecular weight is 325 g/mol. The minimum Gasteiger partial charge on any atom is -0.399 e. The Labute approximate surface area is 137 Å². The van der Waals surface area contributed by atoms with Gasteiger partial charge in [-0.3, -0.25) is 4.79 Å². The van der Waals surface area contributed by atoms with Gasteiger partial charge in [-0.1, -0.05) is 12.1 Å². The van der Waals surface area contributed by atoms with Crippen LogP contribution in [0.25, 0.3) is 10.6 Å². The second-order valence-electron chi connectivity index (χ2n) is 4.89. The summed E-state index contributed by atoms with van der Waals surface area (Å²) in [5.74, 6) is 0.0883. The predicted molar refractivity (Wildman–Crippen MR) is 91.8 cm³/mol. The Hall–Kier alpha value is -2.93. The number of amides is 1. The summed E-state index contributed by atoms with van der Waals surface area (Å²) >= 11 is 1.36. The summed E-state index contributed by atoms with van der Waals surface area (Å²) in [7, 11) is 0. The lowest BCUT2D eigenvalue weighted by Gasteiger charge is -2.04. The van der Waals surface area contributed by atoms with Crippen molar-refractivity contribution >= 4 is 28.9 Å². The van der Waals surface area contributed by atoms with E-state index in [0.29, 0.717) is 22.8 Å². The number of rotatable bonds is 4. The first kappa shape index (κ1) is 15.0. The first-order valence-corrected chi connectivity index (χ1v) is 7.75. The zero-order valence-corrected chi connectivity index (χ0v) is 13.0. The first-order valence-electron chi connectivity index (χ1n) is 6.93. The molecule has 0 bridgehead atoms. The third kappa shape index (κ3) is 3.64. The van der Waals surface area contributed by atoms with Gasteiger partial charge in [-0.15, -0.1) is 11.3 Å². The van der Waals surface area contributed by atoms with Crippen molar-refractivity contribution < 1.29 is 4.79 Å². The third-order valence-electron chi connectivity index (χ3n) is 3.19. The lowest BCUT2D eigenvalue weighted by molar-refractivity contribution is 0.0955. The molecule has 23 heavy (non-hydrogen) atoms. The highest BCUT2D eigenvalue weighted by Crippen LogP contribution is 2.26. The van der Waals surface area contributed by atoms with Gasteiger partial charge in [0.1, 0.15) is 0 Å². The molecule has 0 saturated carbocycles. The van der Waals surface area contributed by atoms with Gasteiger partial charge in [0, 0.05) is 18.4 Å². The molecule has 2 aromatic heterocycles. The average Bonchev–Trinajstić information content (AvgIpc) is 3.04. The van der Waals surface area contributed by atoms with Crippen molar-refractivity contribution in [1.29, 1.82) is 0 Å². The summed E-state index contributed by atoms with van der Waals surface area (Å²) < 4.78 is 0. The van der Waals surface area contributed by atoms with E-state index >= 15 is 0 Å². The smallest absolute Gasteiger partial charge is 0.261 e. The summed E-state index contributed by atoms with van der Waals surface area (Å²) in [5.41, 5.74) is 13.6. The maximum atomic E-state index is 12.2. The molecule has 7 heteroatoms. The fourth-order valence-electron chi connectivity index (χ4n) is 2.01. The molecule has 1 amide bonds. The van der Waals surface area contributed by atoms with Crippen LogP contribution < -0.4 is 16.8 Å². The molecule has 6 nitrogen and oxygen atoms in total. The van der Waals surface area contributed by atoms with Crippen LogP contribution in [0.2, 0.25) is 0 Å². The Morgan fingerprint density at radius 2 is 1.87 bits per heavy atom. The van der Waals surface area contributed by atoms with E-state index in [1.807, 2.05) is 30.3 Å². The van der Waals surface area contributed by atoms with Gasteiger partial charge >= 0.3 is 0 Å². The lowest BCUT2D eigenvalue weighted by Crippen LogP contribution is -2.21. The fraction of sp³-hybridized carbons (Fsp3) is 0.0625. The number of nitrogens with two attached hydrogens (primary N) is 2. The Kier molecular flexibility index (Phi) is 4.20. The number of thiophene rings is 1. The maximum Gasteiger partial charge on any atom is 0.261 e. The zero-order valence-electron chi connectivity index (χ0n) is 12.2. The van der Waals surface area contributed by atoms with Crippen LogP contribution in [0.15, 0.2) is 48.7 Å². The van der Waals surface area contributed by atoms with Crippen LogP contribution in [-0.2, 0) is 6.54 Å². The molecular weight excluding hydrogens is 310 g/mol. The van der Waals surface area contributed by atoms with Gasteiger partial charge in [0.15, 0.2) is 0 Å². The Balaban J connectivity index is 1.67. The van der Waals surface area contributed by atoms with Crippen molar-refractivity contribution in [3.05, 3.63) is 59.1 Å². The molecule has 0 atom stereocenters. The molecule has 0 spiro atoms. The van der Waals surface area contributed by atoms with Crippen LogP contribution >= 0.6 is 11.3 Å². The molecule has 0 aliphatic carbocycles. The van der Waals surface area contributed by atoms with E-state index in [9.17, 15) is 4.79 Å². The van der Waals surface area contributed by atoms with Crippen molar-refractivity contribution in [3.8, 4) is 10.6 Å². The number of anilines is 2. The van der Waals surface area contributed by atoms with Gasteiger partial charge in [-0.25, -0.2) is 9.97 Å². The van der Waals surface area contributed by atoms with E-state index in [-0.39, 0.29) is 11.9 Å². The van der Waals surface area contributed by atoms with Crippen LogP contribution in [0, 0.1) is 0 Å². The summed E-state index contributed by atoms with van der Waals surface area (Å²) in [6, 6.07) is 12.8. The van der Waals surface area contributed by atoms with E-state index in [1.165, 1.54) is 11.3 Å². The van der Waals surface area contributed by atoms with Gasteiger partial charge in [0.2, 0.25) is 5.95 Å². The highest BCUT2D eigenvalue weighted by molar-refractivity contribution is 7.17. The third-order valence-corrected chi connectivity index (χ3v) is 4.30. The summed E-state index contributed by atoms with van der Waals surface area (Å²) in [5, 5.41) is 2.88. The number of nitrogens with one attached hydrogen (secondary N) is 1. The molecule has 0 saturated heterocycles. The van der Waals surface area contributed by atoms with E-state index in [1.54, 1.807) is 18.3 Å². The summed E-state index contributed by atoms with van der Waals surface area (Å²) in [4.78, 5) is 21.7. The van der Waals surface area contributed by atoms with Gasteiger partial charge in [-0.05, 0) is 35.9 Å². The monoisotopic (exact) mass is 325 g/mol. The fourth-order valence-corrected chi connectivity index (χ4v) is 2.91. The summed E-state index contributed by atoms with van der Waals surface area (Å²) in [6.07, 6.45) is 1.60. The Morgan fingerprint density at radius 3 is 2.61 bits per heavy atom. The lowest BCUT2D eigenvalue weighted by atomic mass is 10.2. The minimum absolute atomic E-state index is 0.125. The van der Waals surface area contributed by atoms with Crippen molar-refractivity contribution in [2.45, 2.75) is 6.54 Å². The number of nitrogen functional groups attached to an aromatic ring is 2. The second-order valence-corrected chi connectivity index (χ2v) is 5.97. The first-order chi connectivity index (χ1) is 11.1. The van der Waals surface area contributed by atoms with E-state index in [4.69, 9.17) is 11.5 Å². The van der Waals surface area contributed by atoms with Crippen molar-refractivity contribution in [1.82, 2.24) is 15.3 Å². The second kappa shape index (κ2) is 6.45. The number of benzene rings is 1. The largest absolute Gasteiger partial charge is 0.399 e.